The highest BCUT2D eigenvalue weighted by Crippen LogP contribution is 2.20. The van der Waals surface area contributed by atoms with Crippen molar-refractivity contribution in [1.29, 1.82) is 0 Å². The van der Waals surface area contributed by atoms with Crippen molar-refractivity contribution in [2.45, 2.75) is 44.3 Å². The molecule has 0 aliphatic carbocycles. The molecule has 1 amide bonds. The van der Waals surface area contributed by atoms with E-state index in [0.717, 1.165) is 51.9 Å². The van der Waals surface area contributed by atoms with Crippen LogP contribution in [0.3, 0.4) is 0 Å². The number of rotatable bonds is 5. The predicted octanol–water partition coefficient (Wildman–Crippen LogP) is 0.847. The molecule has 0 aromatic heterocycles. The van der Waals surface area contributed by atoms with Gasteiger partial charge in [-0.3, -0.25) is 4.79 Å². The fraction of sp³-hybridized carbons (Fsp3) is 0.923. The van der Waals surface area contributed by atoms with Crippen molar-refractivity contribution >= 4 is 18.3 Å². The molecular formula is C13H25ClN2O3. The molecule has 6 heteroatoms. The van der Waals surface area contributed by atoms with Gasteiger partial charge < -0.3 is 20.5 Å². The monoisotopic (exact) mass is 292 g/mol. The number of nitrogens with one attached hydrogen (secondary N) is 1. The Labute approximate surface area is 121 Å². The number of carbonyl (C=O) groups excluding carboxylic acids is 1. The Hall–Kier alpha value is -0.360. The van der Waals surface area contributed by atoms with E-state index in [1.54, 1.807) is 0 Å². The molecule has 2 aliphatic rings. The van der Waals surface area contributed by atoms with Gasteiger partial charge in [0.2, 0.25) is 5.91 Å². The topological polar surface area (TPSA) is 73.6 Å². The van der Waals surface area contributed by atoms with Crippen LogP contribution in [0, 0.1) is 5.92 Å². The first-order valence-corrected chi connectivity index (χ1v) is 7.00. The van der Waals surface area contributed by atoms with Gasteiger partial charge in [0.15, 0.2) is 0 Å². The summed E-state index contributed by atoms with van der Waals surface area (Å²) < 4.78 is 10.9. The van der Waals surface area contributed by atoms with Crippen LogP contribution >= 0.6 is 12.4 Å². The van der Waals surface area contributed by atoms with Gasteiger partial charge >= 0.3 is 0 Å². The lowest BCUT2D eigenvalue weighted by Crippen LogP contribution is -2.36. The first kappa shape index (κ1) is 16.7. The number of carbonyl (C=O) groups is 1. The van der Waals surface area contributed by atoms with Crippen molar-refractivity contribution in [2.75, 3.05) is 26.3 Å². The van der Waals surface area contributed by atoms with Crippen LogP contribution in [-0.2, 0) is 14.3 Å². The summed E-state index contributed by atoms with van der Waals surface area (Å²) in [6.07, 6.45) is 4.75. The molecule has 3 N–H and O–H groups in total. The van der Waals surface area contributed by atoms with E-state index >= 15 is 0 Å². The third kappa shape index (κ3) is 5.26. The zero-order chi connectivity index (χ0) is 12.8. The van der Waals surface area contributed by atoms with Crippen LogP contribution in [0.5, 0.6) is 0 Å². The van der Waals surface area contributed by atoms with Crippen molar-refractivity contribution in [1.82, 2.24) is 5.32 Å². The van der Waals surface area contributed by atoms with Gasteiger partial charge in [-0.05, 0) is 38.0 Å². The SMILES string of the molecule is Cl.NC[C@H]1CC[C@@H](C(=O)NCCC2CCOCC2)O1. The van der Waals surface area contributed by atoms with Gasteiger partial charge in [-0.15, -0.1) is 12.4 Å². The molecule has 0 bridgehead atoms. The summed E-state index contributed by atoms with van der Waals surface area (Å²) in [6.45, 7) is 2.98. The normalized spacial score (nSPS) is 27.8. The quantitative estimate of drug-likeness (QED) is 0.788. The van der Waals surface area contributed by atoms with Crippen molar-refractivity contribution < 1.29 is 14.3 Å². The van der Waals surface area contributed by atoms with Gasteiger partial charge in [0.25, 0.3) is 0 Å². The highest BCUT2D eigenvalue weighted by molar-refractivity contribution is 5.85. The van der Waals surface area contributed by atoms with E-state index < -0.39 is 0 Å². The van der Waals surface area contributed by atoms with Crippen molar-refractivity contribution in [3.8, 4) is 0 Å². The molecule has 2 saturated heterocycles. The molecule has 0 saturated carbocycles. The zero-order valence-electron chi connectivity index (χ0n) is 11.3. The summed E-state index contributed by atoms with van der Waals surface area (Å²) in [5, 5.41) is 2.97. The van der Waals surface area contributed by atoms with E-state index in [2.05, 4.69) is 5.32 Å². The molecule has 2 aliphatic heterocycles. The van der Waals surface area contributed by atoms with Gasteiger partial charge in [-0.1, -0.05) is 0 Å². The Morgan fingerprint density at radius 2 is 1.95 bits per heavy atom. The van der Waals surface area contributed by atoms with Gasteiger partial charge in [0.05, 0.1) is 6.10 Å². The van der Waals surface area contributed by atoms with Gasteiger partial charge in [-0.25, -0.2) is 0 Å². The Bertz CT molecular complexity index is 273. The zero-order valence-corrected chi connectivity index (χ0v) is 12.1. The highest BCUT2D eigenvalue weighted by atomic mass is 35.5. The molecule has 5 nitrogen and oxygen atoms in total. The smallest absolute Gasteiger partial charge is 0.249 e. The second-order valence-electron chi connectivity index (χ2n) is 5.20. The maximum absolute atomic E-state index is 11.8. The van der Waals surface area contributed by atoms with E-state index in [9.17, 15) is 4.79 Å². The van der Waals surface area contributed by atoms with E-state index in [-0.39, 0.29) is 30.5 Å². The van der Waals surface area contributed by atoms with Gasteiger partial charge in [-0.2, -0.15) is 0 Å². The van der Waals surface area contributed by atoms with Crippen LogP contribution in [0.4, 0.5) is 0 Å². The number of ether oxygens (including phenoxy) is 2. The minimum atomic E-state index is -0.284. The van der Waals surface area contributed by atoms with Gasteiger partial charge in [0, 0.05) is 26.3 Å². The second kappa shape index (κ2) is 8.74. The standard InChI is InChI=1S/C13H24N2O3.ClH/c14-9-11-1-2-12(18-11)13(16)15-6-3-10-4-7-17-8-5-10;/h10-12H,1-9,14H2,(H,15,16);1H/t11-,12+;/m1./s1. The number of hydrogen-bond acceptors (Lipinski definition) is 4. The Kier molecular flexibility index (Phi) is 7.68. The number of amides is 1. The lowest BCUT2D eigenvalue weighted by Gasteiger charge is -2.22. The minimum absolute atomic E-state index is 0. The lowest BCUT2D eigenvalue weighted by molar-refractivity contribution is -0.131. The third-order valence-corrected chi connectivity index (χ3v) is 3.86. The highest BCUT2D eigenvalue weighted by Gasteiger charge is 2.29. The van der Waals surface area contributed by atoms with Crippen LogP contribution in [0.2, 0.25) is 0 Å². The Balaban J connectivity index is 0.00000180. The minimum Gasteiger partial charge on any atom is -0.381 e. The van der Waals surface area contributed by atoms with Crippen molar-refractivity contribution in [3.05, 3.63) is 0 Å². The van der Waals surface area contributed by atoms with Crippen molar-refractivity contribution in [2.24, 2.45) is 11.7 Å². The molecular weight excluding hydrogens is 268 g/mol. The molecule has 0 radical (unpaired) electrons. The molecule has 2 heterocycles. The average molecular weight is 293 g/mol. The summed E-state index contributed by atoms with van der Waals surface area (Å²) in [7, 11) is 0. The van der Waals surface area contributed by atoms with Crippen LogP contribution in [0.1, 0.15) is 32.1 Å². The molecule has 0 spiro atoms. The number of hydrogen-bond donors (Lipinski definition) is 2. The molecule has 112 valence electrons. The molecule has 2 rings (SSSR count). The van der Waals surface area contributed by atoms with Crippen LogP contribution in [-0.4, -0.2) is 44.4 Å². The van der Waals surface area contributed by atoms with E-state index in [1.165, 1.54) is 0 Å². The van der Waals surface area contributed by atoms with Crippen molar-refractivity contribution in [3.63, 3.8) is 0 Å². The van der Waals surface area contributed by atoms with E-state index in [1.807, 2.05) is 0 Å². The largest absolute Gasteiger partial charge is 0.381 e. The second-order valence-corrected chi connectivity index (χ2v) is 5.20. The lowest BCUT2D eigenvalue weighted by atomic mass is 9.97. The predicted molar refractivity (Wildman–Crippen MR) is 75.4 cm³/mol. The Morgan fingerprint density at radius 3 is 2.58 bits per heavy atom. The molecule has 0 aromatic carbocycles. The van der Waals surface area contributed by atoms with Crippen LogP contribution in [0.25, 0.3) is 0 Å². The first-order chi connectivity index (χ1) is 8.79. The summed E-state index contributed by atoms with van der Waals surface area (Å²) in [6, 6.07) is 0. The summed E-state index contributed by atoms with van der Waals surface area (Å²) in [4.78, 5) is 11.8. The average Bonchev–Trinajstić information content (AvgIpc) is 2.89. The number of halogens is 1. The van der Waals surface area contributed by atoms with E-state index in [0.29, 0.717) is 12.5 Å². The Morgan fingerprint density at radius 1 is 1.21 bits per heavy atom. The number of nitrogens with two attached hydrogens (primary N) is 1. The molecule has 0 unspecified atom stereocenters. The molecule has 19 heavy (non-hydrogen) atoms. The maximum atomic E-state index is 11.8. The fourth-order valence-corrected chi connectivity index (χ4v) is 2.62. The van der Waals surface area contributed by atoms with Crippen LogP contribution < -0.4 is 11.1 Å². The van der Waals surface area contributed by atoms with Gasteiger partial charge in [0.1, 0.15) is 6.10 Å². The first-order valence-electron chi connectivity index (χ1n) is 7.00. The molecule has 2 fully saturated rings. The summed E-state index contributed by atoms with van der Waals surface area (Å²) in [5.74, 6) is 0.721. The fourth-order valence-electron chi connectivity index (χ4n) is 2.62. The van der Waals surface area contributed by atoms with Crippen LogP contribution in [0.15, 0.2) is 0 Å². The summed E-state index contributed by atoms with van der Waals surface area (Å²) >= 11 is 0. The molecule has 2 atom stereocenters. The summed E-state index contributed by atoms with van der Waals surface area (Å²) in [5.41, 5.74) is 5.53. The maximum Gasteiger partial charge on any atom is 0.249 e. The third-order valence-electron chi connectivity index (χ3n) is 3.86. The molecule has 0 aromatic rings. The van der Waals surface area contributed by atoms with E-state index in [4.69, 9.17) is 15.2 Å².